The fourth-order valence-electron chi connectivity index (χ4n) is 4.15. The minimum atomic E-state index is -0.442. The van der Waals surface area contributed by atoms with Gasteiger partial charge < -0.3 is 14.4 Å². The number of methoxy groups -OCH3 is 2. The lowest BCUT2D eigenvalue weighted by Gasteiger charge is -2.32. The van der Waals surface area contributed by atoms with Gasteiger partial charge in [-0.2, -0.15) is 0 Å². The number of benzene rings is 2. The number of ether oxygens (including phenoxy) is 2. The quantitative estimate of drug-likeness (QED) is 0.297. The summed E-state index contributed by atoms with van der Waals surface area (Å²) in [7, 11) is 3.12. The third-order valence-electron chi connectivity index (χ3n) is 6.11. The number of rotatable bonds is 10. The number of fused-ring (bicyclic) bond motifs is 1. The minimum Gasteiger partial charge on any atom is -0.497 e. The Kier molecular flexibility index (Phi) is 8.94. The third-order valence-corrected chi connectivity index (χ3v) is 6.91. The van der Waals surface area contributed by atoms with Crippen molar-refractivity contribution in [2.75, 3.05) is 20.8 Å². The van der Waals surface area contributed by atoms with Crippen LogP contribution in [0.3, 0.4) is 0 Å². The lowest BCUT2D eigenvalue weighted by atomic mass is 10.1. The Morgan fingerprint density at radius 2 is 1.83 bits per heavy atom. The van der Waals surface area contributed by atoms with Gasteiger partial charge >= 0.3 is 0 Å². The average Bonchev–Trinajstić information content (AvgIpc) is 2.86. The standard InChI is InChI=1S/C27H34BrN3O4/c1-7-8-11-14-30(26(32)17(2)3)18(4)25-29-21-13-10-9-12-20(21)27(33)31(25)22-15-19(34-5)16-23(35-6)24(22)28/h9-10,12-13,15-18H,7-8,11,14H2,1-6H3. The zero-order valence-electron chi connectivity index (χ0n) is 21.3. The van der Waals surface area contributed by atoms with E-state index in [9.17, 15) is 9.59 Å². The number of carbonyl (C=O) groups excluding carboxylic acids is 1. The molecule has 0 aliphatic carbocycles. The van der Waals surface area contributed by atoms with Crippen molar-refractivity contribution in [3.63, 3.8) is 0 Å². The molecule has 0 aliphatic heterocycles. The summed E-state index contributed by atoms with van der Waals surface area (Å²) in [5.74, 6) is 1.40. The molecule has 0 spiro atoms. The van der Waals surface area contributed by atoms with Crippen LogP contribution in [0.25, 0.3) is 16.6 Å². The lowest BCUT2D eigenvalue weighted by Crippen LogP contribution is -2.40. The van der Waals surface area contributed by atoms with Gasteiger partial charge in [-0.25, -0.2) is 4.98 Å². The number of carbonyl (C=O) groups is 1. The second-order valence-corrected chi connectivity index (χ2v) is 9.65. The zero-order chi connectivity index (χ0) is 25.7. The highest BCUT2D eigenvalue weighted by molar-refractivity contribution is 9.10. The van der Waals surface area contributed by atoms with E-state index in [1.165, 1.54) is 0 Å². The van der Waals surface area contributed by atoms with Gasteiger partial charge in [0.25, 0.3) is 5.56 Å². The first-order chi connectivity index (χ1) is 16.7. The molecule has 1 heterocycles. The second-order valence-electron chi connectivity index (χ2n) is 8.86. The van der Waals surface area contributed by atoms with Crippen molar-refractivity contribution in [3.05, 3.63) is 57.0 Å². The fourth-order valence-corrected chi connectivity index (χ4v) is 4.72. The second kappa shape index (κ2) is 11.7. The Morgan fingerprint density at radius 1 is 1.11 bits per heavy atom. The van der Waals surface area contributed by atoms with E-state index in [0.29, 0.717) is 44.9 Å². The predicted molar refractivity (Wildman–Crippen MR) is 143 cm³/mol. The van der Waals surface area contributed by atoms with E-state index in [1.54, 1.807) is 37.0 Å². The number of hydrogen-bond acceptors (Lipinski definition) is 5. The van der Waals surface area contributed by atoms with Crippen molar-refractivity contribution in [1.29, 1.82) is 0 Å². The molecular formula is C27H34BrN3O4. The van der Waals surface area contributed by atoms with Crippen LogP contribution >= 0.6 is 15.9 Å². The summed E-state index contributed by atoms with van der Waals surface area (Å²) in [6.45, 7) is 8.45. The Labute approximate surface area is 215 Å². The van der Waals surface area contributed by atoms with Crippen molar-refractivity contribution in [2.45, 2.75) is 53.0 Å². The first kappa shape index (κ1) is 26.7. The Bertz CT molecular complexity index is 1260. The van der Waals surface area contributed by atoms with Crippen LogP contribution < -0.4 is 15.0 Å². The molecule has 0 bridgehead atoms. The number of aromatic nitrogens is 2. The Hall–Kier alpha value is -2.87. The monoisotopic (exact) mass is 543 g/mol. The SMILES string of the molecule is CCCCCN(C(=O)C(C)C)C(C)c1nc2ccccc2c(=O)n1-c1cc(OC)cc(OC)c1Br. The molecular weight excluding hydrogens is 510 g/mol. The van der Waals surface area contributed by atoms with E-state index < -0.39 is 6.04 Å². The molecule has 1 amide bonds. The average molecular weight is 544 g/mol. The van der Waals surface area contributed by atoms with E-state index >= 15 is 0 Å². The number of unbranched alkanes of at least 4 members (excludes halogenated alkanes) is 2. The van der Waals surface area contributed by atoms with Crippen molar-refractivity contribution < 1.29 is 14.3 Å². The van der Waals surface area contributed by atoms with E-state index in [2.05, 4.69) is 22.9 Å². The van der Waals surface area contributed by atoms with Crippen LogP contribution in [0.5, 0.6) is 11.5 Å². The lowest BCUT2D eigenvalue weighted by molar-refractivity contribution is -0.137. The number of para-hydroxylation sites is 1. The highest BCUT2D eigenvalue weighted by atomic mass is 79.9. The molecule has 35 heavy (non-hydrogen) atoms. The summed E-state index contributed by atoms with van der Waals surface area (Å²) >= 11 is 3.61. The Balaban J connectivity index is 2.33. The maximum atomic E-state index is 13.9. The van der Waals surface area contributed by atoms with Crippen LogP contribution in [-0.2, 0) is 4.79 Å². The van der Waals surface area contributed by atoms with Crippen LogP contribution in [0, 0.1) is 5.92 Å². The minimum absolute atomic E-state index is 0.0323. The smallest absolute Gasteiger partial charge is 0.266 e. The van der Waals surface area contributed by atoms with Crippen LogP contribution in [0.15, 0.2) is 45.7 Å². The molecule has 1 unspecified atom stereocenters. The molecule has 3 rings (SSSR count). The molecule has 1 aromatic heterocycles. The maximum Gasteiger partial charge on any atom is 0.266 e. The molecule has 0 saturated carbocycles. The molecule has 0 fully saturated rings. The third kappa shape index (κ3) is 5.53. The van der Waals surface area contributed by atoms with Crippen LogP contribution in [-0.4, -0.2) is 41.1 Å². The molecule has 1 atom stereocenters. The Morgan fingerprint density at radius 3 is 2.46 bits per heavy atom. The van der Waals surface area contributed by atoms with Gasteiger partial charge in [0, 0.05) is 24.6 Å². The highest BCUT2D eigenvalue weighted by Crippen LogP contribution is 2.37. The van der Waals surface area contributed by atoms with Crippen molar-refractivity contribution in [2.24, 2.45) is 5.92 Å². The van der Waals surface area contributed by atoms with E-state index in [4.69, 9.17) is 14.5 Å². The molecule has 0 radical (unpaired) electrons. The zero-order valence-corrected chi connectivity index (χ0v) is 22.9. The van der Waals surface area contributed by atoms with Gasteiger partial charge in [-0.3, -0.25) is 14.2 Å². The van der Waals surface area contributed by atoms with Crippen LogP contribution in [0.4, 0.5) is 0 Å². The largest absolute Gasteiger partial charge is 0.497 e. The van der Waals surface area contributed by atoms with Gasteiger partial charge in [0.15, 0.2) is 0 Å². The van der Waals surface area contributed by atoms with Gasteiger partial charge in [-0.1, -0.05) is 45.7 Å². The molecule has 3 aromatic rings. The fraction of sp³-hybridized carbons (Fsp3) is 0.444. The van der Waals surface area contributed by atoms with Gasteiger partial charge in [-0.05, 0) is 41.4 Å². The molecule has 8 heteroatoms. The highest BCUT2D eigenvalue weighted by Gasteiger charge is 2.29. The number of halogens is 1. The summed E-state index contributed by atoms with van der Waals surface area (Å²) in [4.78, 5) is 34.0. The van der Waals surface area contributed by atoms with Crippen LogP contribution in [0.2, 0.25) is 0 Å². The van der Waals surface area contributed by atoms with Gasteiger partial charge in [0.05, 0.1) is 41.3 Å². The van der Waals surface area contributed by atoms with Crippen molar-refractivity contribution >= 4 is 32.7 Å². The van der Waals surface area contributed by atoms with Crippen LogP contribution in [0.1, 0.15) is 58.8 Å². The molecule has 0 aliphatic rings. The summed E-state index contributed by atoms with van der Waals surface area (Å²) < 4.78 is 13.2. The molecule has 0 saturated heterocycles. The van der Waals surface area contributed by atoms with E-state index in [1.807, 2.05) is 43.9 Å². The first-order valence-electron chi connectivity index (χ1n) is 12.0. The predicted octanol–water partition coefficient (Wildman–Crippen LogP) is 5.90. The van der Waals surface area contributed by atoms with Crippen molar-refractivity contribution in [1.82, 2.24) is 14.5 Å². The molecule has 0 N–H and O–H groups in total. The van der Waals surface area contributed by atoms with Gasteiger partial charge in [0.2, 0.25) is 5.91 Å². The topological polar surface area (TPSA) is 73.7 Å². The maximum absolute atomic E-state index is 13.9. The van der Waals surface area contributed by atoms with Gasteiger partial charge in [0.1, 0.15) is 17.3 Å². The van der Waals surface area contributed by atoms with E-state index in [0.717, 1.165) is 19.3 Å². The normalized spacial score (nSPS) is 12.1. The first-order valence-corrected chi connectivity index (χ1v) is 12.8. The number of amides is 1. The summed E-state index contributed by atoms with van der Waals surface area (Å²) in [6, 6.07) is 10.3. The van der Waals surface area contributed by atoms with E-state index in [-0.39, 0.29) is 17.4 Å². The summed E-state index contributed by atoms with van der Waals surface area (Å²) in [5.41, 5.74) is 0.905. The summed E-state index contributed by atoms with van der Waals surface area (Å²) in [5, 5.41) is 0.491. The number of hydrogen-bond donors (Lipinski definition) is 0. The molecule has 188 valence electrons. The van der Waals surface area contributed by atoms with Crippen molar-refractivity contribution in [3.8, 4) is 17.2 Å². The summed E-state index contributed by atoms with van der Waals surface area (Å²) in [6.07, 6.45) is 2.95. The molecule has 7 nitrogen and oxygen atoms in total. The number of nitrogens with zero attached hydrogens (tertiary/aromatic N) is 3. The molecule has 2 aromatic carbocycles. The van der Waals surface area contributed by atoms with Gasteiger partial charge in [-0.15, -0.1) is 0 Å².